The molecule has 1 N–H and O–H groups in total. The molecule has 6 heteroatoms. The van der Waals surface area contributed by atoms with Crippen molar-refractivity contribution in [2.45, 2.75) is 70.8 Å². The van der Waals surface area contributed by atoms with E-state index in [9.17, 15) is 4.79 Å². The number of rotatable bonds is 5. The van der Waals surface area contributed by atoms with Gasteiger partial charge in [-0.25, -0.2) is 0 Å². The number of nitrogens with one attached hydrogen (secondary N) is 1. The minimum atomic E-state index is -0.241. The molecule has 1 unspecified atom stereocenters. The summed E-state index contributed by atoms with van der Waals surface area (Å²) in [4.78, 5) is 19.5. The van der Waals surface area contributed by atoms with Crippen molar-refractivity contribution in [2.75, 3.05) is 0 Å². The van der Waals surface area contributed by atoms with Crippen LogP contribution in [0.1, 0.15) is 89.7 Å². The lowest BCUT2D eigenvalue weighted by molar-refractivity contribution is 0.0918. The van der Waals surface area contributed by atoms with Crippen molar-refractivity contribution in [3.8, 4) is 0 Å². The molecule has 2 aromatic rings. The summed E-state index contributed by atoms with van der Waals surface area (Å²) in [5, 5.41) is 7.21. The number of carbonyl (C=O) groups is 1. The fourth-order valence-corrected chi connectivity index (χ4v) is 4.54. The lowest BCUT2D eigenvalue weighted by Gasteiger charge is -2.18. The Morgan fingerprint density at radius 3 is 2.84 bits per heavy atom. The normalized spacial score (nSPS) is 18.7. The van der Waals surface area contributed by atoms with Crippen LogP contribution in [0.4, 0.5) is 0 Å². The largest absolute Gasteiger partial charge is 0.339 e. The van der Waals surface area contributed by atoms with Gasteiger partial charge in [-0.3, -0.25) is 4.79 Å². The fourth-order valence-electron chi connectivity index (χ4n) is 3.39. The van der Waals surface area contributed by atoms with Crippen molar-refractivity contribution in [1.29, 1.82) is 0 Å². The summed E-state index contributed by atoms with van der Waals surface area (Å²) < 4.78 is 5.45. The summed E-state index contributed by atoms with van der Waals surface area (Å²) in [6, 6.07) is 1.84. The molecule has 2 aromatic heterocycles. The number of hydrogen-bond acceptors (Lipinski definition) is 5. The molecule has 4 rings (SSSR count). The summed E-state index contributed by atoms with van der Waals surface area (Å²) in [7, 11) is 0. The second-order valence-electron chi connectivity index (χ2n) is 7.58. The van der Waals surface area contributed by atoms with E-state index in [0.29, 0.717) is 11.8 Å². The van der Waals surface area contributed by atoms with Crippen LogP contribution in [-0.2, 0) is 12.8 Å². The van der Waals surface area contributed by atoms with Gasteiger partial charge in [0.1, 0.15) is 6.04 Å². The van der Waals surface area contributed by atoms with Gasteiger partial charge in [0.25, 0.3) is 5.91 Å². The molecular weight excluding hydrogens is 334 g/mol. The zero-order valence-corrected chi connectivity index (χ0v) is 15.7. The molecule has 2 aliphatic rings. The molecule has 2 heterocycles. The fraction of sp³-hybridized carbons (Fsp3) is 0.632. The Hall–Kier alpha value is -1.69. The Morgan fingerprint density at radius 1 is 1.28 bits per heavy atom. The van der Waals surface area contributed by atoms with Crippen LogP contribution in [0.2, 0.25) is 0 Å². The first-order chi connectivity index (χ1) is 12.1. The molecule has 0 bridgehead atoms. The van der Waals surface area contributed by atoms with Crippen molar-refractivity contribution < 1.29 is 9.32 Å². The molecule has 1 saturated carbocycles. The third-order valence-electron chi connectivity index (χ3n) is 5.09. The Kier molecular flexibility index (Phi) is 4.63. The molecule has 1 atom stereocenters. The van der Waals surface area contributed by atoms with Gasteiger partial charge in [-0.1, -0.05) is 25.4 Å². The third kappa shape index (κ3) is 3.64. The van der Waals surface area contributed by atoms with Crippen molar-refractivity contribution in [3.05, 3.63) is 33.1 Å². The molecule has 0 radical (unpaired) electrons. The maximum absolute atomic E-state index is 12.8. The summed E-state index contributed by atoms with van der Waals surface area (Å²) in [5.74, 6) is 1.94. The summed E-state index contributed by atoms with van der Waals surface area (Å²) in [6.45, 7) is 4.13. The average molecular weight is 359 g/mol. The van der Waals surface area contributed by atoms with Gasteiger partial charge in [-0.15, -0.1) is 11.3 Å². The van der Waals surface area contributed by atoms with Gasteiger partial charge in [0.2, 0.25) is 5.89 Å². The number of thiophene rings is 1. The van der Waals surface area contributed by atoms with E-state index < -0.39 is 0 Å². The SMILES string of the molecule is CC(C)C(NC(=O)c1cc2c(s1)CCCCC2)c1nc(C2CC2)no1. The maximum Gasteiger partial charge on any atom is 0.262 e. The van der Waals surface area contributed by atoms with Crippen molar-refractivity contribution in [3.63, 3.8) is 0 Å². The van der Waals surface area contributed by atoms with Crippen molar-refractivity contribution in [2.24, 2.45) is 5.92 Å². The maximum atomic E-state index is 12.8. The quantitative estimate of drug-likeness (QED) is 0.803. The number of aromatic nitrogens is 2. The third-order valence-corrected chi connectivity index (χ3v) is 6.33. The van der Waals surface area contributed by atoms with Gasteiger partial charge in [0.15, 0.2) is 5.82 Å². The van der Waals surface area contributed by atoms with E-state index in [4.69, 9.17) is 4.52 Å². The van der Waals surface area contributed by atoms with Crippen LogP contribution in [-0.4, -0.2) is 16.0 Å². The topological polar surface area (TPSA) is 68.0 Å². The van der Waals surface area contributed by atoms with E-state index >= 15 is 0 Å². The highest BCUT2D eigenvalue weighted by Gasteiger charge is 2.32. The molecular formula is C19H25N3O2S. The summed E-state index contributed by atoms with van der Waals surface area (Å²) >= 11 is 1.65. The number of amides is 1. The molecule has 1 amide bonds. The number of nitrogens with zero attached hydrogens (tertiary/aromatic N) is 2. The second-order valence-corrected chi connectivity index (χ2v) is 8.72. The van der Waals surface area contributed by atoms with Crippen LogP contribution >= 0.6 is 11.3 Å². The van der Waals surface area contributed by atoms with Gasteiger partial charge in [0.05, 0.1) is 4.88 Å². The Balaban J connectivity index is 1.50. The van der Waals surface area contributed by atoms with Crippen LogP contribution in [0, 0.1) is 5.92 Å². The zero-order valence-electron chi connectivity index (χ0n) is 14.9. The van der Waals surface area contributed by atoms with Crippen LogP contribution in [0.3, 0.4) is 0 Å². The predicted octanol–water partition coefficient (Wildman–Crippen LogP) is 4.40. The lowest BCUT2D eigenvalue weighted by Crippen LogP contribution is -2.31. The van der Waals surface area contributed by atoms with Gasteiger partial charge >= 0.3 is 0 Å². The van der Waals surface area contributed by atoms with Crippen LogP contribution in [0.25, 0.3) is 0 Å². The zero-order chi connectivity index (χ0) is 17.4. The molecule has 1 fully saturated rings. The highest BCUT2D eigenvalue weighted by Crippen LogP contribution is 2.39. The Bertz CT molecular complexity index is 737. The first kappa shape index (κ1) is 16.8. The minimum absolute atomic E-state index is 0.0251. The second kappa shape index (κ2) is 6.90. The minimum Gasteiger partial charge on any atom is -0.339 e. The van der Waals surface area contributed by atoms with Crippen molar-refractivity contribution in [1.82, 2.24) is 15.5 Å². The molecule has 0 saturated heterocycles. The number of aryl methyl sites for hydroxylation is 2. The Labute approximate surface area is 152 Å². The Morgan fingerprint density at radius 2 is 2.08 bits per heavy atom. The first-order valence-corrected chi connectivity index (χ1v) is 10.2. The highest BCUT2D eigenvalue weighted by atomic mass is 32.1. The van der Waals surface area contributed by atoms with E-state index in [-0.39, 0.29) is 17.9 Å². The first-order valence-electron chi connectivity index (χ1n) is 9.37. The lowest BCUT2D eigenvalue weighted by atomic mass is 10.0. The molecule has 5 nitrogen and oxygen atoms in total. The smallest absolute Gasteiger partial charge is 0.262 e. The monoisotopic (exact) mass is 359 g/mol. The summed E-state index contributed by atoms with van der Waals surface area (Å²) in [6.07, 6.45) is 8.23. The van der Waals surface area contributed by atoms with E-state index in [1.54, 1.807) is 11.3 Å². The van der Waals surface area contributed by atoms with E-state index in [1.807, 2.05) is 0 Å². The highest BCUT2D eigenvalue weighted by molar-refractivity contribution is 7.14. The van der Waals surface area contributed by atoms with Gasteiger partial charge < -0.3 is 9.84 Å². The molecule has 0 spiro atoms. The molecule has 134 valence electrons. The van der Waals surface area contributed by atoms with Gasteiger partial charge in [-0.2, -0.15) is 4.98 Å². The molecule has 25 heavy (non-hydrogen) atoms. The van der Waals surface area contributed by atoms with Gasteiger partial charge in [-0.05, 0) is 56.1 Å². The molecule has 2 aliphatic carbocycles. The van der Waals surface area contributed by atoms with E-state index in [2.05, 4.69) is 35.4 Å². The predicted molar refractivity (Wildman–Crippen MR) is 96.9 cm³/mol. The van der Waals surface area contributed by atoms with E-state index in [0.717, 1.165) is 36.4 Å². The number of fused-ring (bicyclic) bond motifs is 1. The average Bonchev–Trinajstić information content (AvgIpc) is 3.26. The van der Waals surface area contributed by atoms with Crippen LogP contribution < -0.4 is 5.32 Å². The number of hydrogen-bond donors (Lipinski definition) is 1. The van der Waals surface area contributed by atoms with E-state index in [1.165, 1.54) is 29.7 Å². The number of carbonyl (C=O) groups excluding carboxylic acids is 1. The van der Waals surface area contributed by atoms with Crippen LogP contribution in [0.5, 0.6) is 0 Å². The van der Waals surface area contributed by atoms with Crippen molar-refractivity contribution >= 4 is 17.2 Å². The molecule has 0 aliphatic heterocycles. The van der Waals surface area contributed by atoms with Crippen LogP contribution in [0.15, 0.2) is 10.6 Å². The molecule has 0 aromatic carbocycles. The summed E-state index contributed by atoms with van der Waals surface area (Å²) in [5.41, 5.74) is 1.36. The van der Waals surface area contributed by atoms with Gasteiger partial charge in [0, 0.05) is 10.8 Å². The standard InChI is InChI=1S/C19H25N3O2S/c1-11(2)16(19-21-17(22-24-19)12-8-9-12)20-18(23)15-10-13-6-4-3-5-7-14(13)25-15/h10-12,16H,3-9H2,1-2H3,(H,20,23).